The third-order valence-electron chi connectivity index (χ3n) is 3.17. The van der Waals surface area contributed by atoms with Crippen LogP contribution in [0.4, 0.5) is 9.18 Å². The lowest BCUT2D eigenvalue weighted by atomic mass is 10.1. The van der Waals surface area contributed by atoms with Gasteiger partial charge in [-0.15, -0.1) is 0 Å². The maximum Gasteiger partial charge on any atom is 0.407 e. The van der Waals surface area contributed by atoms with Gasteiger partial charge in [0.05, 0.1) is 0 Å². The second kappa shape index (κ2) is 8.13. The van der Waals surface area contributed by atoms with E-state index in [1.165, 1.54) is 0 Å². The van der Waals surface area contributed by atoms with Crippen LogP contribution < -0.4 is 10.6 Å². The minimum atomic E-state index is -0.480. The Hall–Kier alpha value is -1.62. The van der Waals surface area contributed by atoms with E-state index in [1.54, 1.807) is 19.1 Å². The summed E-state index contributed by atoms with van der Waals surface area (Å²) in [7, 11) is 0. The number of carbonyl (C=O) groups excluding carboxylic acids is 1. The molecule has 4 nitrogen and oxygen atoms in total. The zero-order valence-corrected chi connectivity index (χ0v) is 14.1. The van der Waals surface area contributed by atoms with E-state index in [1.807, 2.05) is 33.8 Å². The van der Waals surface area contributed by atoms with E-state index in [0.29, 0.717) is 12.1 Å². The molecule has 0 heterocycles. The Kier molecular flexibility index (Phi) is 6.81. The van der Waals surface area contributed by atoms with Gasteiger partial charge < -0.3 is 15.4 Å². The van der Waals surface area contributed by atoms with Gasteiger partial charge in [0.25, 0.3) is 0 Å². The molecule has 5 heteroatoms. The molecular weight excluding hydrogens is 283 g/mol. The molecule has 0 aliphatic heterocycles. The van der Waals surface area contributed by atoms with E-state index < -0.39 is 11.7 Å². The van der Waals surface area contributed by atoms with Gasteiger partial charge in [0.2, 0.25) is 0 Å². The standard InChI is InChI=1S/C17H27FN2O2/c1-12-7-8-14(11-15(12)18)13(2)19-9-6-10-20-16(21)22-17(3,4)5/h7-8,11,13,19H,6,9-10H2,1-5H3,(H,20,21). The molecule has 0 saturated carbocycles. The first-order chi connectivity index (χ1) is 10.2. The number of aryl methyl sites for hydroxylation is 1. The molecule has 0 spiro atoms. The monoisotopic (exact) mass is 310 g/mol. The lowest BCUT2D eigenvalue weighted by Crippen LogP contribution is -2.34. The highest BCUT2D eigenvalue weighted by Crippen LogP contribution is 2.16. The first-order valence-corrected chi connectivity index (χ1v) is 7.65. The van der Waals surface area contributed by atoms with Crippen LogP contribution in [0.3, 0.4) is 0 Å². The molecule has 0 aliphatic carbocycles. The van der Waals surface area contributed by atoms with Crippen LogP contribution in [0, 0.1) is 12.7 Å². The summed E-state index contributed by atoms with van der Waals surface area (Å²) in [6.45, 7) is 10.5. The number of alkyl carbamates (subject to hydrolysis) is 1. The molecule has 0 bridgehead atoms. The number of carbonyl (C=O) groups is 1. The van der Waals surface area contributed by atoms with Gasteiger partial charge in [-0.05, 0) is 64.8 Å². The first kappa shape index (κ1) is 18.4. The van der Waals surface area contributed by atoms with Crippen LogP contribution in [0.1, 0.15) is 51.3 Å². The summed E-state index contributed by atoms with van der Waals surface area (Å²) < 4.78 is 18.7. The molecule has 1 amide bonds. The van der Waals surface area contributed by atoms with Crippen molar-refractivity contribution < 1.29 is 13.9 Å². The molecule has 1 aromatic rings. The van der Waals surface area contributed by atoms with Crippen molar-refractivity contribution in [3.63, 3.8) is 0 Å². The van der Waals surface area contributed by atoms with Crippen molar-refractivity contribution in [2.45, 2.75) is 52.7 Å². The molecular formula is C17H27FN2O2. The minimum Gasteiger partial charge on any atom is -0.444 e. The average molecular weight is 310 g/mol. The van der Waals surface area contributed by atoms with E-state index >= 15 is 0 Å². The number of hydrogen-bond acceptors (Lipinski definition) is 3. The smallest absolute Gasteiger partial charge is 0.407 e. The lowest BCUT2D eigenvalue weighted by molar-refractivity contribution is 0.0527. The SMILES string of the molecule is Cc1ccc(C(C)NCCCNC(=O)OC(C)(C)C)cc1F. The summed E-state index contributed by atoms with van der Waals surface area (Å²) in [6, 6.07) is 5.34. The summed E-state index contributed by atoms with van der Waals surface area (Å²) in [5, 5.41) is 6.02. The Morgan fingerprint density at radius 2 is 2.00 bits per heavy atom. The fourth-order valence-electron chi connectivity index (χ4n) is 1.91. The molecule has 0 saturated heterocycles. The number of ether oxygens (including phenoxy) is 1. The number of amides is 1. The zero-order chi connectivity index (χ0) is 16.8. The van der Waals surface area contributed by atoms with Crippen LogP contribution in [0.2, 0.25) is 0 Å². The van der Waals surface area contributed by atoms with Crippen LogP contribution in [-0.4, -0.2) is 24.8 Å². The second-order valence-electron chi connectivity index (χ2n) is 6.47. The Morgan fingerprint density at radius 1 is 1.32 bits per heavy atom. The Labute approximate surface area is 132 Å². The number of hydrogen-bond donors (Lipinski definition) is 2. The van der Waals surface area contributed by atoms with E-state index in [0.717, 1.165) is 18.5 Å². The number of halogens is 1. The van der Waals surface area contributed by atoms with Crippen molar-refractivity contribution in [1.29, 1.82) is 0 Å². The molecule has 1 rings (SSSR count). The van der Waals surface area contributed by atoms with Gasteiger partial charge in [-0.1, -0.05) is 12.1 Å². The van der Waals surface area contributed by atoms with Crippen molar-refractivity contribution in [2.75, 3.05) is 13.1 Å². The van der Waals surface area contributed by atoms with Crippen LogP contribution in [0.5, 0.6) is 0 Å². The molecule has 2 N–H and O–H groups in total. The molecule has 1 atom stereocenters. The van der Waals surface area contributed by atoms with Gasteiger partial charge in [-0.25, -0.2) is 9.18 Å². The Bertz CT molecular complexity index is 498. The van der Waals surface area contributed by atoms with E-state index in [4.69, 9.17) is 4.74 Å². The van der Waals surface area contributed by atoms with Crippen molar-refractivity contribution in [3.8, 4) is 0 Å². The fourth-order valence-corrected chi connectivity index (χ4v) is 1.91. The van der Waals surface area contributed by atoms with Gasteiger partial charge in [-0.3, -0.25) is 0 Å². The summed E-state index contributed by atoms with van der Waals surface area (Å²) in [4.78, 5) is 11.5. The van der Waals surface area contributed by atoms with Gasteiger partial charge >= 0.3 is 6.09 Å². The predicted molar refractivity (Wildman–Crippen MR) is 86.4 cm³/mol. The van der Waals surface area contributed by atoms with Crippen LogP contribution in [0.25, 0.3) is 0 Å². The molecule has 0 fully saturated rings. The molecule has 124 valence electrons. The Morgan fingerprint density at radius 3 is 2.59 bits per heavy atom. The Balaban J connectivity index is 2.24. The van der Waals surface area contributed by atoms with E-state index in [2.05, 4.69) is 10.6 Å². The zero-order valence-electron chi connectivity index (χ0n) is 14.1. The molecule has 0 aromatic heterocycles. The molecule has 1 aromatic carbocycles. The predicted octanol–water partition coefficient (Wildman–Crippen LogP) is 3.70. The highest BCUT2D eigenvalue weighted by Gasteiger charge is 2.15. The molecule has 0 radical (unpaired) electrons. The van der Waals surface area contributed by atoms with Crippen LogP contribution in [0.15, 0.2) is 18.2 Å². The maximum absolute atomic E-state index is 13.5. The third kappa shape index (κ3) is 6.89. The summed E-state index contributed by atoms with van der Waals surface area (Å²) >= 11 is 0. The van der Waals surface area contributed by atoms with Crippen molar-refractivity contribution in [1.82, 2.24) is 10.6 Å². The van der Waals surface area contributed by atoms with Gasteiger partial charge in [0, 0.05) is 12.6 Å². The fraction of sp³-hybridized carbons (Fsp3) is 0.588. The summed E-state index contributed by atoms with van der Waals surface area (Å²) in [6.07, 6.45) is 0.374. The third-order valence-corrected chi connectivity index (χ3v) is 3.17. The highest BCUT2D eigenvalue weighted by molar-refractivity contribution is 5.67. The minimum absolute atomic E-state index is 0.0663. The number of benzene rings is 1. The first-order valence-electron chi connectivity index (χ1n) is 7.65. The van der Waals surface area contributed by atoms with E-state index in [9.17, 15) is 9.18 Å². The quantitative estimate of drug-likeness (QED) is 0.788. The van der Waals surface area contributed by atoms with Crippen LogP contribution in [-0.2, 0) is 4.74 Å². The van der Waals surface area contributed by atoms with E-state index in [-0.39, 0.29) is 11.9 Å². The normalized spacial score (nSPS) is 12.8. The summed E-state index contributed by atoms with van der Waals surface area (Å²) in [5.41, 5.74) is 1.09. The second-order valence-corrected chi connectivity index (χ2v) is 6.47. The van der Waals surface area contributed by atoms with Gasteiger partial charge in [0.1, 0.15) is 11.4 Å². The van der Waals surface area contributed by atoms with Crippen LogP contribution >= 0.6 is 0 Å². The largest absolute Gasteiger partial charge is 0.444 e. The summed E-state index contributed by atoms with van der Waals surface area (Å²) in [5.74, 6) is -0.183. The van der Waals surface area contributed by atoms with Gasteiger partial charge in [0.15, 0.2) is 0 Å². The van der Waals surface area contributed by atoms with Crippen molar-refractivity contribution in [2.24, 2.45) is 0 Å². The molecule has 22 heavy (non-hydrogen) atoms. The number of rotatable bonds is 6. The van der Waals surface area contributed by atoms with Crippen molar-refractivity contribution >= 4 is 6.09 Å². The molecule has 0 aliphatic rings. The number of nitrogens with one attached hydrogen (secondary N) is 2. The maximum atomic E-state index is 13.5. The average Bonchev–Trinajstić information content (AvgIpc) is 2.39. The van der Waals surface area contributed by atoms with Gasteiger partial charge in [-0.2, -0.15) is 0 Å². The lowest BCUT2D eigenvalue weighted by Gasteiger charge is -2.20. The molecule has 1 unspecified atom stereocenters. The van der Waals surface area contributed by atoms with Crippen molar-refractivity contribution in [3.05, 3.63) is 35.1 Å². The topological polar surface area (TPSA) is 50.4 Å². The highest BCUT2D eigenvalue weighted by atomic mass is 19.1.